The molecule has 11 nitrogen and oxygen atoms in total. The number of methoxy groups -OCH3 is 3. The number of pyridine rings is 1. The summed E-state index contributed by atoms with van der Waals surface area (Å²) in [7, 11) is 4.40. The van der Waals surface area contributed by atoms with E-state index < -0.39 is 5.97 Å². The lowest BCUT2D eigenvalue weighted by molar-refractivity contribution is -0.115. The van der Waals surface area contributed by atoms with Gasteiger partial charge in [-0.2, -0.15) is 10.5 Å². The molecule has 0 spiro atoms. The number of hydrogen-bond acceptors (Lipinski definition) is 12. The Morgan fingerprint density at radius 2 is 1.74 bits per heavy atom. The summed E-state index contributed by atoms with van der Waals surface area (Å²) < 4.78 is 21.6. The van der Waals surface area contributed by atoms with Crippen LogP contribution in [0.2, 0.25) is 0 Å². The summed E-state index contributed by atoms with van der Waals surface area (Å²) in [5.41, 5.74) is 8.47. The van der Waals surface area contributed by atoms with Crippen molar-refractivity contribution in [2.75, 3.05) is 44.7 Å². The van der Waals surface area contributed by atoms with Crippen molar-refractivity contribution in [3.8, 4) is 40.5 Å². The van der Waals surface area contributed by atoms with Gasteiger partial charge in [0.2, 0.25) is 11.7 Å². The normalized spacial score (nSPS) is 12.0. The van der Waals surface area contributed by atoms with Crippen LogP contribution in [0.25, 0.3) is 11.1 Å². The first-order valence-electron chi connectivity index (χ1n) is 13.5. The quantitative estimate of drug-likeness (QED) is 0.209. The first kappa shape index (κ1) is 31.5. The average Bonchev–Trinajstić information content (AvgIpc) is 3.37. The van der Waals surface area contributed by atoms with Crippen LogP contribution in [0.5, 0.6) is 17.2 Å². The van der Waals surface area contributed by atoms with Crippen LogP contribution in [-0.2, 0) is 22.4 Å². The van der Waals surface area contributed by atoms with E-state index in [1.807, 2.05) is 0 Å². The van der Waals surface area contributed by atoms with E-state index in [0.717, 1.165) is 36.1 Å². The highest BCUT2D eigenvalue weighted by Gasteiger charge is 2.28. The number of nitrogens with two attached hydrogens (primary N) is 1. The molecule has 3 aromatic rings. The van der Waals surface area contributed by atoms with Gasteiger partial charge >= 0.3 is 5.97 Å². The third-order valence-corrected chi connectivity index (χ3v) is 9.03. The van der Waals surface area contributed by atoms with Crippen molar-refractivity contribution in [1.82, 2.24) is 4.98 Å². The van der Waals surface area contributed by atoms with Crippen LogP contribution >= 0.6 is 23.1 Å². The molecule has 0 radical (unpaired) electrons. The van der Waals surface area contributed by atoms with Crippen LogP contribution in [0.3, 0.4) is 0 Å². The Morgan fingerprint density at radius 1 is 1.07 bits per heavy atom. The number of hydrogen-bond donors (Lipinski definition) is 2. The van der Waals surface area contributed by atoms with Crippen LogP contribution < -0.4 is 25.3 Å². The van der Waals surface area contributed by atoms with Gasteiger partial charge in [-0.1, -0.05) is 0 Å². The van der Waals surface area contributed by atoms with Crippen molar-refractivity contribution in [2.24, 2.45) is 0 Å². The number of thioether (sulfide) groups is 1. The molecule has 0 unspecified atom stereocenters. The van der Waals surface area contributed by atoms with Gasteiger partial charge < -0.3 is 30.0 Å². The highest BCUT2D eigenvalue weighted by Crippen LogP contribution is 2.44. The maximum absolute atomic E-state index is 13.0. The minimum Gasteiger partial charge on any atom is -0.493 e. The molecule has 0 aliphatic heterocycles. The lowest BCUT2D eigenvalue weighted by Crippen LogP contribution is -2.16. The number of fused-ring (bicyclic) bond motifs is 1. The molecule has 1 amide bonds. The molecule has 0 atom stereocenters. The highest BCUT2D eigenvalue weighted by atomic mass is 32.2. The van der Waals surface area contributed by atoms with Gasteiger partial charge in [0.1, 0.15) is 33.5 Å². The summed E-state index contributed by atoms with van der Waals surface area (Å²) in [5.74, 6) is 0.509. The molecule has 0 saturated carbocycles. The molecule has 4 rings (SSSR count). The van der Waals surface area contributed by atoms with Crippen LogP contribution in [0.1, 0.15) is 58.1 Å². The zero-order valence-electron chi connectivity index (χ0n) is 24.3. The maximum Gasteiger partial charge on any atom is 0.341 e. The fraction of sp³-hybridized carbons (Fsp3) is 0.367. The van der Waals surface area contributed by atoms with E-state index in [-0.39, 0.29) is 52.2 Å². The maximum atomic E-state index is 13.0. The van der Waals surface area contributed by atoms with Gasteiger partial charge in [0.05, 0.1) is 39.1 Å². The van der Waals surface area contributed by atoms with E-state index in [1.54, 1.807) is 19.1 Å². The van der Waals surface area contributed by atoms with Crippen molar-refractivity contribution >= 4 is 45.8 Å². The first-order valence-corrected chi connectivity index (χ1v) is 15.3. The Bertz CT molecular complexity index is 1610. The molecule has 2 aromatic heterocycles. The van der Waals surface area contributed by atoms with Gasteiger partial charge in [-0.25, -0.2) is 9.78 Å². The van der Waals surface area contributed by atoms with Gasteiger partial charge in [0.15, 0.2) is 11.5 Å². The summed E-state index contributed by atoms with van der Waals surface area (Å²) in [5, 5.41) is 23.8. The molecule has 0 saturated heterocycles. The minimum absolute atomic E-state index is 0.0288. The number of aromatic nitrogens is 1. The number of thiophene rings is 1. The topological polar surface area (TPSA) is 170 Å². The first-order chi connectivity index (χ1) is 20.8. The summed E-state index contributed by atoms with van der Waals surface area (Å²) in [6.45, 7) is 1.99. The minimum atomic E-state index is -0.429. The predicted octanol–water partition coefficient (Wildman–Crippen LogP) is 5.34. The highest BCUT2D eigenvalue weighted by molar-refractivity contribution is 7.99. The number of benzene rings is 1. The number of nitrogen functional groups attached to an aromatic ring is 1. The Labute approximate surface area is 257 Å². The number of nitrogens with zero attached hydrogens (tertiary/aromatic N) is 3. The molecule has 13 heteroatoms. The molecular formula is C30H31N5O6S2. The number of aryl methyl sites for hydroxylation is 1. The number of anilines is 2. The Balaban J connectivity index is 1.60. The van der Waals surface area contributed by atoms with E-state index >= 15 is 0 Å². The van der Waals surface area contributed by atoms with Gasteiger partial charge in [0, 0.05) is 22.6 Å². The van der Waals surface area contributed by atoms with E-state index in [4.69, 9.17) is 24.7 Å². The Hall–Kier alpha value is -4.46. The summed E-state index contributed by atoms with van der Waals surface area (Å²) in [4.78, 5) is 31.2. The molecule has 1 aliphatic carbocycles. The lowest BCUT2D eigenvalue weighted by atomic mass is 9.95. The van der Waals surface area contributed by atoms with E-state index in [0.29, 0.717) is 33.4 Å². The third kappa shape index (κ3) is 6.48. The molecule has 1 aliphatic rings. The molecule has 224 valence electrons. The van der Waals surface area contributed by atoms with Crippen LogP contribution in [0.15, 0.2) is 17.2 Å². The molecule has 0 bridgehead atoms. The van der Waals surface area contributed by atoms with Gasteiger partial charge in [-0.05, 0) is 55.9 Å². The van der Waals surface area contributed by atoms with E-state index in [2.05, 4.69) is 22.4 Å². The monoisotopic (exact) mass is 621 g/mol. The van der Waals surface area contributed by atoms with Gasteiger partial charge in [-0.3, -0.25) is 4.79 Å². The zero-order valence-corrected chi connectivity index (χ0v) is 25.9. The number of nitriles is 2. The van der Waals surface area contributed by atoms with Crippen LogP contribution in [0, 0.1) is 22.7 Å². The number of esters is 1. The second-order valence-corrected chi connectivity index (χ2v) is 11.5. The molecule has 2 heterocycles. The SMILES string of the molecule is CCOC(=O)c1c(NC(=O)CCSc2nc(N)c(C#N)c(-c3cc(OC)c(OC)c(OC)c3)c2C#N)sc2c1CCCC2. The zero-order chi connectivity index (χ0) is 31.1. The largest absolute Gasteiger partial charge is 0.493 e. The standard InChI is InChI=1S/C30H31N5O6S2/c1-5-41-30(37)25-17-8-6-7-9-22(17)43-29(25)34-23(36)10-11-42-28-19(15-32)24(18(14-31)27(33)35-28)16-12-20(38-2)26(40-4)21(13-16)39-3/h12-13H,5-11H2,1-4H3,(H2,33,35)(H,34,36). The van der Waals surface area contributed by atoms with Crippen LogP contribution in [0.4, 0.5) is 10.8 Å². The number of carbonyl (C=O) groups excluding carboxylic acids is 2. The second-order valence-electron chi connectivity index (χ2n) is 9.35. The summed E-state index contributed by atoms with van der Waals surface area (Å²) >= 11 is 2.59. The van der Waals surface area contributed by atoms with Crippen molar-refractivity contribution in [3.05, 3.63) is 39.3 Å². The van der Waals surface area contributed by atoms with Crippen LogP contribution in [-0.4, -0.2) is 50.5 Å². The number of nitrogens with one attached hydrogen (secondary N) is 1. The summed E-state index contributed by atoms with van der Waals surface area (Å²) in [6.07, 6.45) is 3.75. The molecule has 0 fully saturated rings. The van der Waals surface area contributed by atoms with Crippen molar-refractivity contribution in [3.63, 3.8) is 0 Å². The van der Waals surface area contributed by atoms with E-state index in [1.165, 1.54) is 44.4 Å². The molecular weight excluding hydrogens is 590 g/mol. The number of rotatable bonds is 11. The summed E-state index contributed by atoms with van der Waals surface area (Å²) in [6, 6.07) is 7.46. The second kappa shape index (κ2) is 14.1. The third-order valence-electron chi connectivity index (χ3n) is 6.84. The fourth-order valence-electron chi connectivity index (χ4n) is 4.92. The van der Waals surface area contributed by atoms with E-state index in [9.17, 15) is 20.1 Å². The Kier molecular flexibility index (Phi) is 10.3. The number of carbonyl (C=O) groups is 2. The molecule has 1 aromatic carbocycles. The Morgan fingerprint density at radius 3 is 2.35 bits per heavy atom. The average molecular weight is 622 g/mol. The fourth-order valence-corrected chi connectivity index (χ4v) is 7.15. The van der Waals surface area contributed by atoms with Crippen molar-refractivity contribution < 1.29 is 28.5 Å². The molecule has 3 N–H and O–H groups in total. The lowest BCUT2D eigenvalue weighted by Gasteiger charge is -2.17. The number of amides is 1. The number of ether oxygens (including phenoxy) is 4. The van der Waals surface area contributed by atoms with Crippen molar-refractivity contribution in [1.29, 1.82) is 10.5 Å². The van der Waals surface area contributed by atoms with Gasteiger partial charge in [-0.15, -0.1) is 23.1 Å². The molecule has 43 heavy (non-hydrogen) atoms. The smallest absolute Gasteiger partial charge is 0.341 e. The van der Waals surface area contributed by atoms with Crippen molar-refractivity contribution in [2.45, 2.75) is 44.1 Å². The predicted molar refractivity (Wildman–Crippen MR) is 164 cm³/mol. The van der Waals surface area contributed by atoms with Gasteiger partial charge in [0.25, 0.3) is 0 Å².